The highest BCUT2D eigenvalue weighted by atomic mass is 16.5. The normalized spacial score (nSPS) is 17.8. The molecule has 30 heteroatoms. The smallest absolute Gasteiger partial charge is 0.318 e. The summed E-state index contributed by atoms with van der Waals surface area (Å²) in [6.45, 7) is 39.2. The number of aromatic nitrogens is 6. The van der Waals surface area contributed by atoms with E-state index in [1.165, 1.54) is 46.8 Å². The van der Waals surface area contributed by atoms with Gasteiger partial charge in [0.05, 0.1) is 49.0 Å². The predicted molar refractivity (Wildman–Crippen MR) is 554 cm³/mol. The van der Waals surface area contributed by atoms with Crippen LogP contribution in [0.1, 0.15) is 65.8 Å². The second kappa shape index (κ2) is 41.5. The molecule has 4 N–H and O–H groups in total. The Balaban J connectivity index is 0.000000124. The zero-order chi connectivity index (χ0) is 97.7. The van der Waals surface area contributed by atoms with Gasteiger partial charge < -0.3 is 98.5 Å². The molecule has 140 heavy (non-hydrogen) atoms. The SMILES string of the molecule is C=CC(=O)N1CC2(C1)CN(c1ccnc3c1CCN(c1cc(O)cc4ccccc14)C3)C2.C=CC(=O)N1CCN(c2ccnc3c2CCN(c2cc(O)cc4ccccc24)C3)CC1.C=CC(=O)N1CCN(c2nc(OCCN(C)C)nc3c2CCN(c2cc(O)cc4ccccc24)C3)[C@@H](C)C1.C=CC(=O)N1CCN(c2nc(O[C@H](C)CN(C)C)nc3c2CCN(c2cc(O)cc4ccccc24)C3)[C@@H](C)C1. The van der Waals surface area contributed by atoms with E-state index < -0.39 is 0 Å². The number of fused-ring (bicyclic) bond motifs is 8. The van der Waals surface area contributed by atoms with E-state index in [0.717, 1.165) is 222 Å². The van der Waals surface area contributed by atoms with Crippen molar-refractivity contribution in [3.8, 4) is 35.0 Å². The van der Waals surface area contributed by atoms with Crippen LogP contribution in [0.15, 0.2) is 221 Å². The van der Waals surface area contributed by atoms with Crippen LogP contribution in [0.4, 0.5) is 45.8 Å². The van der Waals surface area contributed by atoms with Gasteiger partial charge in [0.15, 0.2) is 0 Å². The Morgan fingerprint density at radius 3 is 1.15 bits per heavy atom. The third kappa shape index (κ3) is 20.6. The Hall–Kier alpha value is -14.8. The van der Waals surface area contributed by atoms with Gasteiger partial charge in [-0.05, 0) is 157 Å². The molecule has 1 spiro atoms. The van der Waals surface area contributed by atoms with Crippen molar-refractivity contribution in [2.75, 3.05) is 205 Å². The highest BCUT2D eigenvalue weighted by Gasteiger charge is 2.53. The molecule has 0 aliphatic carbocycles. The van der Waals surface area contributed by atoms with Crippen molar-refractivity contribution in [2.24, 2.45) is 5.41 Å². The molecule has 0 saturated carbocycles. The Kier molecular flexibility index (Phi) is 28.3. The minimum absolute atomic E-state index is 0.00499. The molecule has 9 aliphatic rings. The molecule has 21 rings (SSSR count). The number of phenols is 4. The van der Waals surface area contributed by atoms with Crippen LogP contribution in [0.5, 0.6) is 35.0 Å². The second-order valence-corrected chi connectivity index (χ2v) is 38.6. The Bertz CT molecular complexity index is 6690. The van der Waals surface area contributed by atoms with Crippen LogP contribution >= 0.6 is 0 Å². The van der Waals surface area contributed by atoms with Gasteiger partial charge in [0.2, 0.25) is 23.6 Å². The first kappa shape index (κ1) is 95.5. The van der Waals surface area contributed by atoms with Crippen molar-refractivity contribution < 1.29 is 49.1 Å². The van der Waals surface area contributed by atoms with E-state index in [9.17, 15) is 39.6 Å². The first-order chi connectivity index (χ1) is 67.7. The molecule has 4 amide bonds. The summed E-state index contributed by atoms with van der Waals surface area (Å²) < 4.78 is 12.3. The van der Waals surface area contributed by atoms with Crippen LogP contribution in [0.3, 0.4) is 0 Å². The van der Waals surface area contributed by atoms with E-state index in [2.05, 4.69) is 126 Å². The van der Waals surface area contributed by atoms with E-state index in [-0.39, 0.29) is 64.5 Å². The van der Waals surface area contributed by atoms with E-state index >= 15 is 0 Å². The lowest BCUT2D eigenvalue weighted by molar-refractivity contribution is -0.139. The Morgan fingerprint density at radius 1 is 0.400 bits per heavy atom. The fourth-order valence-electron chi connectivity index (χ4n) is 21.5. The molecule has 5 saturated heterocycles. The number of amides is 4. The van der Waals surface area contributed by atoms with Crippen molar-refractivity contribution in [2.45, 2.75) is 90.8 Å². The van der Waals surface area contributed by atoms with Crippen LogP contribution < -0.4 is 48.7 Å². The molecule has 13 heterocycles. The monoisotopic (exact) mass is 1890 g/mol. The van der Waals surface area contributed by atoms with Crippen molar-refractivity contribution in [1.29, 1.82) is 0 Å². The molecule has 0 unspecified atom stereocenters. The first-order valence-electron chi connectivity index (χ1n) is 48.6. The maximum absolute atomic E-state index is 12.3. The van der Waals surface area contributed by atoms with Crippen LogP contribution in [0.2, 0.25) is 0 Å². The van der Waals surface area contributed by atoms with Crippen LogP contribution in [-0.4, -0.2) is 287 Å². The zero-order valence-electron chi connectivity index (χ0n) is 81.2. The molecule has 726 valence electrons. The van der Waals surface area contributed by atoms with Crippen molar-refractivity contribution in [1.82, 2.24) is 59.3 Å². The number of benzene rings is 8. The zero-order valence-corrected chi connectivity index (χ0v) is 81.2. The Labute approximate surface area is 818 Å². The van der Waals surface area contributed by atoms with Gasteiger partial charge in [-0.2, -0.15) is 19.9 Å². The second-order valence-electron chi connectivity index (χ2n) is 38.6. The number of anilines is 8. The van der Waals surface area contributed by atoms with Gasteiger partial charge in [-0.15, -0.1) is 0 Å². The van der Waals surface area contributed by atoms with Gasteiger partial charge in [0, 0.05) is 263 Å². The highest BCUT2D eigenvalue weighted by molar-refractivity contribution is 6.00. The van der Waals surface area contributed by atoms with Crippen LogP contribution in [-0.2, 0) is 71.0 Å². The number of aromatic hydroxyl groups is 4. The number of piperazine rings is 3. The molecular weight excluding hydrogens is 1760 g/mol. The van der Waals surface area contributed by atoms with Gasteiger partial charge in [-0.1, -0.05) is 123 Å². The predicted octanol–water partition coefficient (Wildman–Crippen LogP) is 13.2. The largest absolute Gasteiger partial charge is 0.508 e. The number of carbonyl (C=O) groups is 4. The number of rotatable bonds is 20. The summed E-state index contributed by atoms with van der Waals surface area (Å²) in [5.74, 6) is 2.83. The summed E-state index contributed by atoms with van der Waals surface area (Å²) in [5.41, 5.74) is 15.8. The number of likely N-dealkylation sites (tertiary alicyclic amines) is 1. The van der Waals surface area contributed by atoms with E-state index in [0.29, 0.717) is 96.4 Å². The number of nitrogens with zero attached hydrogens (tertiary/aromatic N) is 20. The van der Waals surface area contributed by atoms with E-state index in [4.69, 9.17) is 39.4 Å². The number of pyridine rings is 2. The molecule has 12 aromatic rings. The number of ether oxygens (including phenoxy) is 2. The van der Waals surface area contributed by atoms with E-state index in [1.807, 2.05) is 176 Å². The van der Waals surface area contributed by atoms with Gasteiger partial charge in [0.25, 0.3) is 0 Å². The summed E-state index contributed by atoms with van der Waals surface area (Å²) in [5, 5.41) is 50.0. The number of hydrogen-bond acceptors (Lipinski definition) is 26. The van der Waals surface area contributed by atoms with Crippen molar-refractivity contribution in [3.05, 3.63) is 266 Å². The lowest BCUT2D eigenvalue weighted by Crippen LogP contribution is -2.73. The molecule has 4 aromatic heterocycles. The summed E-state index contributed by atoms with van der Waals surface area (Å²) in [4.78, 5) is 107. The molecule has 30 nitrogen and oxygen atoms in total. The van der Waals surface area contributed by atoms with Gasteiger partial charge >= 0.3 is 12.0 Å². The maximum atomic E-state index is 12.3. The lowest BCUT2D eigenvalue weighted by atomic mass is 9.72. The number of phenolic OH excluding ortho intramolecular Hbond substituents is 4. The molecule has 0 radical (unpaired) electrons. The third-order valence-corrected chi connectivity index (χ3v) is 28.4. The van der Waals surface area contributed by atoms with Gasteiger partial charge in [-0.3, -0.25) is 29.1 Å². The van der Waals surface area contributed by atoms with Crippen molar-refractivity contribution in [3.63, 3.8) is 0 Å². The third-order valence-electron chi connectivity index (χ3n) is 28.4. The number of hydrogen-bond donors (Lipinski definition) is 4. The van der Waals surface area contributed by atoms with E-state index in [1.54, 1.807) is 12.1 Å². The summed E-state index contributed by atoms with van der Waals surface area (Å²) >= 11 is 0. The van der Waals surface area contributed by atoms with Crippen molar-refractivity contribution >= 4 is 112 Å². The summed E-state index contributed by atoms with van der Waals surface area (Å²) in [6.07, 6.45) is 12.6. The highest BCUT2D eigenvalue weighted by Crippen LogP contribution is 2.47. The summed E-state index contributed by atoms with van der Waals surface area (Å²) in [6, 6.07) is 52.4. The van der Waals surface area contributed by atoms with Crippen LogP contribution in [0.25, 0.3) is 43.1 Å². The lowest BCUT2D eigenvalue weighted by Gasteiger charge is -2.61. The van der Waals surface area contributed by atoms with Crippen LogP contribution in [0, 0.1) is 5.41 Å². The molecule has 8 aromatic carbocycles. The standard InChI is InChI=1S/C30H38N6O3.C29H36N6O3.C26H26N4O2.C25H26N4O2/c1-6-28(38)35-13-14-36(20(2)17-35)29-25-11-12-34(27-16-23(37)15-22-9-7-8-10-24(22)27)19-26(25)31-30(32-29)39-21(3)18-33(4)5;1-5-27(37)34-12-13-35(20(2)18-34)28-24-10-11-33(19-25(24)30-29(31-28)38-15-14-32(3)4)26-17-22(36)16-21-8-6-7-9-23(21)26;1-2-25(32)30-16-26(17-30)14-29(15-26)23-7-9-27-22-13-28(10-8-21(22)23)24-12-19(31)11-18-5-3-4-6-20(18)24;1-2-25(31)28-13-11-27(12-14-28)23-7-9-26-22-17-29(10-8-21(22)23)24-16-19(30)15-18-5-3-4-6-20(18)24/h6-10,15-16,20-21,37H,1,11-14,17-19H2,2-5H3;5-9,16-17,20,36H,1,10-15,18-19H2,2-4H3;2-7,9,11-12,31H,1,8,10,13-17H2;2-7,9,15-16,30H,1,8,10-14,17H2/t20-,21+;20-;;/m00../s1. The number of carbonyl (C=O) groups excluding carboxylic acids is 4. The molecule has 0 bridgehead atoms. The molecule has 9 aliphatic heterocycles. The first-order valence-corrected chi connectivity index (χ1v) is 48.6. The minimum Gasteiger partial charge on any atom is -0.508 e. The van der Waals surface area contributed by atoms with Gasteiger partial charge in [-0.25, -0.2) is 0 Å². The quantitative estimate of drug-likeness (QED) is 0.0516. The average molecular weight is 1890 g/mol. The fraction of sp³-hybridized carbons (Fsp3) is 0.364. The fourth-order valence-corrected chi connectivity index (χ4v) is 21.5. The maximum Gasteiger partial charge on any atom is 0.318 e. The Morgan fingerprint density at radius 2 is 0.757 bits per heavy atom. The topological polar surface area (TPSA) is 290 Å². The number of likely N-dealkylation sites (N-methyl/N-ethyl adjacent to an activating group) is 2. The molecular formula is C110H126N20O10. The summed E-state index contributed by atoms with van der Waals surface area (Å²) in [7, 11) is 8.04. The average Bonchev–Trinajstić information content (AvgIpc) is 0.780. The minimum atomic E-state index is -0.0832. The van der Waals surface area contributed by atoms with Gasteiger partial charge in [0.1, 0.15) is 47.3 Å². The molecule has 3 atom stereocenters. The molecule has 5 fully saturated rings.